The molecule has 0 aliphatic carbocycles. The van der Waals surface area contributed by atoms with Crippen molar-refractivity contribution < 1.29 is 15.3 Å². The molecule has 0 unspecified atom stereocenters. The Balaban J connectivity index is -0.000000307. The molecule has 0 aromatic heterocycles. The van der Waals surface area contributed by atoms with Crippen LogP contribution in [0.1, 0.15) is 253 Å². The molecule has 0 spiro atoms. The summed E-state index contributed by atoms with van der Waals surface area (Å²) in [4.78, 5) is 0. The summed E-state index contributed by atoms with van der Waals surface area (Å²) in [6.45, 7) is 13.9. The van der Waals surface area contributed by atoms with Crippen LogP contribution in [0, 0.1) is 17.8 Å². The maximum atomic E-state index is 10.7. The van der Waals surface area contributed by atoms with Gasteiger partial charge in [-0.05, 0) is 17.8 Å². The van der Waals surface area contributed by atoms with Crippen LogP contribution in [-0.2, 0) is 0 Å². The summed E-state index contributed by atoms with van der Waals surface area (Å²) < 4.78 is 0. The SMILES string of the molecule is CCCCCCC(CC[O-])CCCCCC.CCCCCCC(CC[O-])CCCCCC.CCCCCCC(CC[O-])CCCCCC.[Al+3]. The van der Waals surface area contributed by atoms with E-state index in [1.807, 2.05) is 0 Å². The van der Waals surface area contributed by atoms with Gasteiger partial charge in [-0.2, -0.15) is 0 Å². The minimum absolute atomic E-state index is 0. The van der Waals surface area contributed by atoms with Gasteiger partial charge in [0.1, 0.15) is 0 Å². The molecule has 294 valence electrons. The van der Waals surface area contributed by atoms with E-state index >= 15 is 0 Å². The summed E-state index contributed by atoms with van der Waals surface area (Å²) in [5.74, 6) is 2.18. The van der Waals surface area contributed by atoms with Crippen molar-refractivity contribution in [3.05, 3.63) is 0 Å². The summed E-state index contributed by atoms with van der Waals surface area (Å²) in [5.41, 5.74) is 0. The number of unbranched alkanes of at least 4 members (excludes halogenated alkanes) is 18. The fourth-order valence-corrected chi connectivity index (χ4v) is 6.96. The monoisotopic (exact) mass is 709 g/mol. The van der Waals surface area contributed by atoms with Crippen LogP contribution >= 0.6 is 0 Å². The molecule has 0 fully saturated rings. The van der Waals surface area contributed by atoms with E-state index in [4.69, 9.17) is 0 Å². The van der Waals surface area contributed by atoms with Crippen LogP contribution in [-0.4, -0.2) is 37.2 Å². The third-order valence-corrected chi connectivity index (χ3v) is 10.4. The molecule has 49 heavy (non-hydrogen) atoms. The molecule has 0 atom stereocenters. The van der Waals surface area contributed by atoms with Crippen molar-refractivity contribution in [2.45, 2.75) is 253 Å². The van der Waals surface area contributed by atoms with Crippen molar-refractivity contribution >= 4 is 17.4 Å². The van der Waals surface area contributed by atoms with E-state index in [1.165, 1.54) is 193 Å². The first kappa shape index (κ1) is 56.2. The number of rotatable bonds is 36. The maximum Gasteiger partial charge on any atom is 3.00 e. The first-order valence-electron chi connectivity index (χ1n) is 22.3. The predicted molar refractivity (Wildman–Crippen MR) is 217 cm³/mol. The molecule has 0 aromatic carbocycles. The van der Waals surface area contributed by atoms with Crippen LogP contribution in [0.25, 0.3) is 0 Å². The molecule has 0 bridgehead atoms. The van der Waals surface area contributed by atoms with Gasteiger partial charge < -0.3 is 15.3 Å². The van der Waals surface area contributed by atoms with Crippen LogP contribution in [0.3, 0.4) is 0 Å². The van der Waals surface area contributed by atoms with Gasteiger partial charge in [0.05, 0.1) is 0 Å². The standard InChI is InChI=1S/3C15H31O.Al/c3*1-3-5-7-9-11-15(13-14-16)12-10-8-6-4-2;/h3*15H,3-14H2,1-2H3;/q3*-1;+3. The van der Waals surface area contributed by atoms with Gasteiger partial charge in [0.2, 0.25) is 0 Å². The molecule has 0 aliphatic rings. The topological polar surface area (TPSA) is 69.2 Å². The molecule has 0 N–H and O–H groups in total. The van der Waals surface area contributed by atoms with Gasteiger partial charge in [-0.1, -0.05) is 253 Å². The fraction of sp³-hybridized carbons (Fsp3) is 1.00. The molecule has 0 saturated heterocycles. The second-order valence-corrected chi connectivity index (χ2v) is 15.2. The molecule has 3 nitrogen and oxygen atoms in total. The fourth-order valence-electron chi connectivity index (χ4n) is 6.96. The van der Waals surface area contributed by atoms with Crippen molar-refractivity contribution in [3.8, 4) is 0 Å². The summed E-state index contributed by atoms with van der Waals surface area (Å²) >= 11 is 0. The number of hydrogen-bond donors (Lipinski definition) is 0. The zero-order chi connectivity index (χ0) is 36.2. The van der Waals surface area contributed by atoms with E-state index in [2.05, 4.69) is 41.5 Å². The first-order chi connectivity index (χ1) is 23.5. The van der Waals surface area contributed by atoms with Crippen LogP contribution in [0.4, 0.5) is 0 Å². The Morgan fingerprint density at radius 3 is 0.531 bits per heavy atom. The quantitative estimate of drug-likeness (QED) is 0.0480. The van der Waals surface area contributed by atoms with Crippen LogP contribution in [0.5, 0.6) is 0 Å². The van der Waals surface area contributed by atoms with Crippen molar-refractivity contribution in [2.75, 3.05) is 19.8 Å². The molecule has 0 aliphatic heterocycles. The summed E-state index contributed by atoms with van der Waals surface area (Å²) in [7, 11) is 0. The zero-order valence-corrected chi connectivity index (χ0v) is 36.1. The van der Waals surface area contributed by atoms with Crippen molar-refractivity contribution in [1.29, 1.82) is 0 Å². The Morgan fingerprint density at radius 1 is 0.245 bits per heavy atom. The smallest absolute Gasteiger partial charge is 0.854 e. The van der Waals surface area contributed by atoms with Gasteiger partial charge in [0.25, 0.3) is 0 Å². The minimum atomic E-state index is 0. The van der Waals surface area contributed by atoms with E-state index in [1.54, 1.807) is 0 Å². The van der Waals surface area contributed by atoms with E-state index in [0.717, 1.165) is 37.0 Å². The molecular formula is C45H93AlO3. The van der Waals surface area contributed by atoms with Gasteiger partial charge in [0, 0.05) is 0 Å². The molecule has 0 heterocycles. The van der Waals surface area contributed by atoms with Crippen LogP contribution in [0.2, 0.25) is 0 Å². The average Bonchev–Trinajstić information content (AvgIpc) is 3.09. The Morgan fingerprint density at radius 2 is 0.408 bits per heavy atom. The average molecular weight is 709 g/mol. The minimum Gasteiger partial charge on any atom is -0.854 e. The Kier molecular flexibility index (Phi) is 60.5. The van der Waals surface area contributed by atoms with E-state index < -0.39 is 0 Å². The largest absolute Gasteiger partial charge is 3.00 e. The van der Waals surface area contributed by atoms with Gasteiger partial charge in [-0.25, -0.2) is 0 Å². The normalized spacial score (nSPS) is 11.0. The Hall–Kier alpha value is 0.412. The van der Waals surface area contributed by atoms with E-state index in [-0.39, 0.29) is 37.2 Å². The summed E-state index contributed by atoms with van der Waals surface area (Å²) in [6, 6.07) is 0. The molecule has 4 heteroatoms. The molecule has 0 rings (SSSR count). The van der Waals surface area contributed by atoms with Crippen molar-refractivity contribution in [3.63, 3.8) is 0 Å². The molecule has 0 radical (unpaired) electrons. The first-order valence-corrected chi connectivity index (χ1v) is 22.3. The third kappa shape index (κ3) is 50.6. The Bertz CT molecular complexity index is 410. The summed E-state index contributed by atoms with van der Waals surface area (Å²) in [5, 5.41) is 32.2. The Labute approximate surface area is 322 Å². The van der Waals surface area contributed by atoms with Gasteiger partial charge >= 0.3 is 17.4 Å². The van der Waals surface area contributed by atoms with Crippen molar-refractivity contribution in [1.82, 2.24) is 0 Å². The molecule has 0 aromatic rings. The van der Waals surface area contributed by atoms with Crippen LogP contribution < -0.4 is 15.3 Å². The molecule has 0 saturated carbocycles. The van der Waals surface area contributed by atoms with Gasteiger partial charge in [-0.3, -0.25) is 0 Å². The maximum absolute atomic E-state index is 10.7. The van der Waals surface area contributed by atoms with Crippen molar-refractivity contribution in [2.24, 2.45) is 17.8 Å². The third-order valence-electron chi connectivity index (χ3n) is 10.4. The van der Waals surface area contributed by atoms with E-state index in [9.17, 15) is 15.3 Å². The zero-order valence-electron chi connectivity index (χ0n) is 35.0. The van der Waals surface area contributed by atoms with Crippen LogP contribution in [0.15, 0.2) is 0 Å². The van der Waals surface area contributed by atoms with E-state index in [0.29, 0.717) is 0 Å². The summed E-state index contributed by atoms with van der Waals surface area (Å²) in [6.07, 6.45) is 42.8. The molecular weight excluding hydrogens is 615 g/mol. The second kappa shape index (κ2) is 52.8. The van der Waals surface area contributed by atoms with Gasteiger partial charge in [0.15, 0.2) is 0 Å². The predicted octanol–water partition coefficient (Wildman–Crippen LogP) is 12.5. The number of hydrogen-bond acceptors (Lipinski definition) is 3. The second-order valence-electron chi connectivity index (χ2n) is 15.2. The van der Waals surface area contributed by atoms with Gasteiger partial charge in [-0.15, -0.1) is 19.8 Å². The molecule has 0 amide bonds.